The van der Waals surface area contributed by atoms with Crippen LogP contribution in [-0.4, -0.2) is 41.1 Å². The van der Waals surface area contributed by atoms with Crippen molar-refractivity contribution in [2.24, 2.45) is 5.92 Å². The van der Waals surface area contributed by atoms with Crippen LogP contribution in [0.25, 0.3) is 0 Å². The molecule has 0 radical (unpaired) electrons. The van der Waals surface area contributed by atoms with Gasteiger partial charge < -0.3 is 15.3 Å². The predicted octanol–water partition coefficient (Wildman–Crippen LogP) is 2.32. The molecule has 5 heteroatoms. The van der Waals surface area contributed by atoms with Crippen molar-refractivity contribution in [1.29, 1.82) is 0 Å². The number of hydrogen-bond acceptors (Lipinski definition) is 2. The van der Waals surface area contributed by atoms with Gasteiger partial charge in [0.1, 0.15) is 0 Å². The van der Waals surface area contributed by atoms with E-state index in [1.54, 1.807) is 0 Å². The number of aliphatic carboxylic acids is 1. The van der Waals surface area contributed by atoms with Crippen LogP contribution in [0.15, 0.2) is 0 Å². The van der Waals surface area contributed by atoms with Crippen molar-refractivity contribution in [2.75, 3.05) is 13.1 Å². The van der Waals surface area contributed by atoms with Gasteiger partial charge in [-0.05, 0) is 19.8 Å². The van der Waals surface area contributed by atoms with Crippen LogP contribution in [0.4, 0.5) is 4.79 Å². The van der Waals surface area contributed by atoms with Crippen molar-refractivity contribution < 1.29 is 14.7 Å². The molecule has 0 aliphatic carbocycles. The second-order valence-corrected chi connectivity index (χ2v) is 4.54. The van der Waals surface area contributed by atoms with Gasteiger partial charge in [-0.25, -0.2) is 4.79 Å². The summed E-state index contributed by atoms with van der Waals surface area (Å²) in [4.78, 5) is 24.0. The van der Waals surface area contributed by atoms with Crippen LogP contribution in [0.1, 0.15) is 47.0 Å². The van der Waals surface area contributed by atoms with Gasteiger partial charge in [0, 0.05) is 19.1 Å². The lowest BCUT2D eigenvalue weighted by Gasteiger charge is -2.27. The Bertz CT molecular complexity index is 265. The third-order valence-electron chi connectivity index (χ3n) is 3.37. The van der Waals surface area contributed by atoms with E-state index in [-0.39, 0.29) is 25.0 Å². The highest BCUT2D eigenvalue weighted by molar-refractivity contribution is 5.75. The molecule has 0 aromatic heterocycles. The molecule has 2 N–H and O–H groups in total. The Morgan fingerprint density at radius 1 is 1.22 bits per heavy atom. The van der Waals surface area contributed by atoms with E-state index in [1.165, 1.54) is 4.90 Å². The molecule has 0 saturated heterocycles. The standard InChI is InChI=1S/C13H26N2O3/c1-5-11(6-2)10(4)14-13(18)15(7-3)9-8-12(16)17/h10-11H,5-9H2,1-4H3,(H,14,18)(H,16,17). The lowest BCUT2D eigenvalue weighted by molar-refractivity contribution is -0.137. The van der Waals surface area contributed by atoms with Gasteiger partial charge in [-0.3, -0.25) is 4.79 Å². The number of carbonyl (C=O) groups is 2. The first kappa shape index (κ1) is 16.7. The molecule has 0 aliphatic rings. The first-order valence-electron chi connectivity index (χ1n) is 6.73. The molecule has 0 rings (SSSR count). The van der Waals surface area contributed by atoms with E-state index in [1.807, 2.05) is 13.8 Å². The topological polar surface area (TPSA) is 69.6 Å². The third kappa shape index (κ3) is 5.89. The number of hydrogen-bond donors (Lipinski definition) is 2. The van der Waals surface area contributed by atoms with Crippen molar-refractivity contribution in [3.63, 3.8) is 0 Å². The summed E-state index contributed by atoms with van der Waals surface area (Å²) in [7, 11) is 0. The lowest BCUT2D eigenvalue weighted by Crippen LogP contribution is -2.46. The molecule has 0 aromatic carbocycles. The Balaban J connectivity index is 4.29. The van der Waals surface area contributed by atoms with E-state index in [4.69, 9.17) is 5.11 Å². The van der Waals surface area contributed by atoms with Crippen LogP contribution in [-0.2, 0) is 4.79 Å². The van der Waals surface area contributed by atoms with Crippen LogP contribution in [0.5, 0.6) is 0 Å². The molecule has 5 nitrogen and oxygen atoms in total. The van der Waals surface area contributed by atoms with Crippen molar-refractivity contribution in [3.8, 4) is 0 Å². The van der Waals surface area contributed by atoms with Gasteiger partial charge in [-0.15, -0.1) is 0 Å². The van der Waals surface area contributed by atoms with E-state index in [0.29, 0.717) is 12.5 Å². The van der Waals surface area contributed by atoms with Crippen LogP contribution in [0.2, 0.25) is 0 Å². The van der Waals surface area contributed by atoms with E-state index in [9.17, 15) is 9.59 Å². The van der Waals surface area contributed by atoms with E-state index in [2.05, 4.69) is 19.2 Å². The van der Waals surface area contributed by atoms with Crippen LogP contribution >= 0.6 is 0 Å². The van der Waals surface area contributed by atoms with Gasteiger partial charge in [-0.1, -0.05) is 26.7 Å². The molecule has 0 spiro atoms. The first-order chi connectivity index (χ1) is 8.46. The van der Waals surface area contributed by atoms with Gasteiger partial charge in [0.2, 0.25) is 0 Å². The normalized spacial score (nSPS) is 12.3. The Labute approximate surface area is 110 Å². The monoisotopic (exact) mass is 258 g/mol. The SMILES string of the molecule is CCC(CC)C(C)NC(=O)N(CC)CCC(=O)O. The maximum absolute atomic E-state index is 12.0. The van der Waals surface area contributed by atoms with Gasteiger partial charge in [-0.2, -0.15) is 0 Å². The molecule has 106 valence electrons. The molecule has 18 heavy (non-hydrogen) atoms. The zero-order valence-corrected chi connectivity index (χ0v) is 11.9. The Morgan fingerprint density at radius 2 is 1.78 bits per heavy atom. The average Bonchev–Trinajstić information content (AvgIpc) is 2.30. The summed E-state index contributed by atoms with van der Waals surface area (Å²) in [5, 5.41) is 11.6. The van der Waals surface area contributed by atoms with Crippen molar-refractivity contribution in [3.05, 3.63) is 0 Å². The molecular formula is C13H26N2O3. The second-order valence-electron chi connectivity index (χ2n) is 4.54. The molecule has 2 amide bonds. The molecular weight excluding hydrogens is 232 g/mol. The maximum atomic E-state index is 12.0. The molecule has 0 saturated carbocycles. The zero-order valence-electron chi connectivity index (χ0n) is 11.9. The number of amides is 2. The largest absolute Gasteiger partial charge is 0.481 e. The fourth-order valence-corrected chi connectivity index (χ4v) is 2.03. The summed E-state index contributed by atoms with van der Waals surface area (Å²) in [6.45, 7) is 8.85. The Hall–Kier alpha value is -1.26. The minimum Gasteiger partial charge on any atom is -0.481 e. The fourth-order valence-electron chi connectivity index (χ4n) is 2.03. The quantitative estimate of drug-likeness (QED) is 0.702. The molecule has 1 atom stereocenters. The van der Waals surface area contributed by atoms with Gasteiger partial charge in [0.25, 0.3) is 0 Å². The summed E-state index contributed by atoms with van der Waals surface area (Å²) in [5.74, 6) is -0.415. The van der Waals surface area contributed by atoms with Crippen LogP contribution in [0.3, 0.4) is 0 Å². The van der Waals surface area contributed by atoms with Crippen molar-refractivity contribution >= 4 is 12.0 Å². The minimum atomic E-state index is -0.880. The Kier molecular flexibility index (Phi) is 8.16. The highest BCUT2D eigenvalue weighted by Crippen LogP contribution is 2.12. The summed E-state index contributed by atoms with van der Waals surface area (Å²) in [5.41, 5.74) is 0. The first-order valence-corrected chi connectivity index (χ1v) is 6.73. The summed E-state index contributed by atoms with van der Waals surface area (Å²) < 4.78 is 0. The predicted molar refractivity (Wildman–Crippen MR) is 71.6 cm³/mol. The zero-order chi connectivity index (χ0) is 14.1. The second kappa shape index (κ2) is 8.78. The molecule has 0 heterocycles. The van der Waals surface area contributed by atoms with E-state index >= 15 is 0 Å². The van der Waals surface area contributed by atoms with Gasteiger partial charge in [0.15, 0.2) is 0 Å². The maximum Gasteiger partial charge on any atom is 0.317 e. The number of carboxylic acids is 1. The highest BCUT2D eigenvalue weighted by atomic mass is 16.4. The summed E-state index contributed by atoms with van der Waals surface area (Å²) >= 11 is 0. The minimum absolute atomic E-state index is 0.0133. The molecule has 0 aliphatic heterocycles. The molecule has 1 unspecified atom stereocenters. The number of rotatable bonds is 8. The van der Waals surface area contributed by atoms with Gasteiger partial charge >= 0.3 is 12.0 Å². The lowest BCUT2D eigenvalue weighted by atomic mass is 9.96. The Morgan fingerprint density at radius 3 is 2.17 bits per heavy atom. The molecule has 0 fully saturated rings. The smallest absolute Gasteiger partial charge is 0.317 e. The van der Waals surface area contributed by atoms with Crippen molar-refractivity contribution in [1.82, 2.24) is 10.2 Å². The molecule has 0 bridgehead atoms. The summed E-state index contributed by atoms with van der Waals surface area (Å²) in [6.07, 6.45) is 2.04. The van der Waals surface area contributed by atoms with Crippen LogP contribution in [0, 0.1) is 5.92 Å². The van der Waals surface area contributed by atoms with E-state index in [0.717, 1.165) is 12.8 Å². The number of urea groups is 1. The van der Waals surface area contributed by atoms with E-state index < -0.39 is 5.97 Å². The number of carboxylic acid groups (broad SMARTS) is 1. The third-order valence-corrected chi connectivity index (χ3v) is 3.37. The number of carbonyl (C=O) groups excluding carboxylic acids is 1. The van der Waals surface area contributed by atoms with Crippen LogP contribution < -0.4 is 5.32 Å². The summed E-state index contributed by atoms with van der Waals surface area (Å²) in [6, 6.07) is -0.0514. The fraction of sp³-hybridized carbons (Fsp3) is 0.846. The number of nitrogens with one attached hydrogen (secondary N) is 1. The van der Waals surface area contributed by atoms with Crippen molar-refractivity contribution in [2.45, 2.75) is 53.0 Å². The molecule has 0 aromatic rings. The number of nitrogens with zero attached hydrogens (tertiary/aromatic N) is 1. The van der Waals surface area contributed by atoms with Gasteiger partial charge in [0.05, 0.1) is 6.42 Å². The average molecular weight is 258 g/mol. The highest BCUT2D eigenvalue weighted by Gasteiger charge is 2.19.